The smallest absolute Gasteiger partial charge is 0.310 e. The predicted molar refractivity (Wildman–Crippen MR) is 352 cm³/mol. The van der Waals surface area contributed by atoms with Gasteiger partial charge in [0.2, 0.25) is 0 Å². The second-order valence-corrected chi connectivity index (χ2v) is 19.1. The van der Waals surface area contributed by atoms with Crippen molar-refractivity contribution in [2.45, 2.75) is 207 Å². The highest BCUT2D eigenvalue weighted by molar-refractivity contribution is 5.72. The van der Waals surface area contributed by atoms with Gasteiger partial charge in [-0.15, -0.1) is 0 Å². The zero-order valence-corrected chi connectivity index (χ0v) is 50.7. The van der Waals surface area contributed by atoms with Gasteiger partial charge < -0.3 is 14.2 Å². The summed E-state index contributed by atoms with van der Waals surface area (Å²) in [7, 11) is 0. The molecule has 0 saturated carbocycles. The number of hydrogen-bond acceptors (Lipinski definition) is 6. The molecule has 0 saturated heterocycles. The first kappa shape index (κ1) is 74.5. The fourth-order valence-corrected chi connectivity index (χ4v) is 7.20. The summed E-state index contributed by atoms with van der Waals surface area (Å²) in [6, 6.07) is 0. The fourth-order valence-electron chi connectivity index (χ4n) is 7.20. The second-order valence-electron chi connectivity index (χ2n) is 19.1. The van der Waals surface area contributed by atoms with E-state index in [1.54, 1.807) is 6.08 Å². The summed E-state index contributed by atoms with van der Waals surface area (Å²) in [5.41, 5.74) is 0. The molecule has 0 aromatic heterocycles. The number of esters is 3. The van der Waals surface area contributed by atoms with E-state index in [-0.39, 0.29) is 38.4 Å². The van der Waals surface area contributed by atoms with Gasteiger partial charge in [-0.05, 0) is 148 Å². The molecule has 81 heavy (non-hydrogen) atoms. The molecular formula is C75H108O6. The van der Waals surface area contributed by atoms with E-state index in [0.717, 1.165) is 148 Å². The number of carbonyl (C=O) groups excluding carboxylic acids is 3. The van der Waals surface area contributed by atoms with Gasteiger partial charge >= 0.3 is 17.9 Å². The SMILES string of the molecule is CC/C=C\C/C=C\C/C=C\C/C=C\C/C=C\C/C=C\C/C=C\C/C=C\C/C=C\C/C=C\CCCCCCC(=O)OCC(COC(=O)CC/C=C\C/C=C\C/C=C\C/C=C\CC)OC(=O)C/C=C\C/C=C\C/C=C\C/C=C\C/C=C\CC. The van der Waals surface area contributed by atoms with Crippen molar-refractivity contribution in [3.8, 4) is 0 Å². The van der Waals surface area contributed by atoms with Gasteiger partial charge in [0.1, 0.15) is 13.2 Å². The number of allylic oxidation sites excluding steroid dienone is 37. The van der Waals surface area contributed by atoms with E-state index in [0.29, 0.717) is 12.8 Å². The van der Waals surface area contributed by atoms with Gasteiger partial charge in [-0.3, -0.25) is 14.4 Å². The van der Waals surface area contributed by atoms with Gasteiger partial charge in [-0.2, -0.15) is 0 Å². The molecule has 0 fully saturated rings. The molecule has 0 heterocycles. The summed E-state index contributed by atoms with van der Waals surface area (Å²) in [5.74, 6) is -1.22. The van der Waals surface area contributed by atoms with Crippen LogP contribution in [0.4, 0.5) is 0 Å². The minimum atomic E-state index is -0.887. The van der Waals surface area contributed by atoms with Crippen molar-refractivity contribution in [3.63, 3.8) is 0 Å². The Balaban J connectivity index is 4.46. The third kappa shape index (κ3) is 64.2. The number of rotatable bonds is 52. The third-order valence-electron chi connectivity index (χ3n) is 11.7. The number of hydrogen-bond donors (Lipinski definition) is 0. The number of ether oxygens (including phenoxy) is 3. The van der Waals surface area contributed by atoms with Crippen molar-refractivity contribution in [1.29, 1.82) is 0 Å². The lowest BCUT2D eigenvalue weighted by atomic mass is 10.1. The summed E-state index contributed by atoms with van der Waals surface area (Å²) in [6.45, 7) is 6.08. The first-order chi connectivity index (χ1) is 40.0. The van der Waals surface area contributed by atoms with Crippen molar-refractivity contribution in [2.24, 2.45) is 0 Å². The van der Waals surface area contributed by atoms with Crippen LogP contribution < -0.4 is 0 Å². The minimum absolute atomic E-state index is 0.0630. The highest BCUT2D eigenvalue weighted by atomic mass is 16.6. The molecule has 0 aliphatic heterocycles. The molecule has 0 bridgehead atoms. The van der Waals surface area contributed by atoms with E-state index in [1.807, 2.05) is 18.2 Å². The lowest BCUT2D eigenvalue weighted by molar-refractivity contribution is -0.166. The monoisotopic (exact) mass is 1100 g/mol. The van der Waals surface area contributed by atoms with Crippen LogP contribution in [0.3, 0.4) is 0 Å². The van der Waals surface area contributed by atoms with E-state index in [9.17, 15) is 14.4 Å². The minimum Gasteiger partial charge on any atom is -0.462 e. The Morgan fingerprint density at radius 3 is 0.815 bits per heavy atom. The van der Waals surface area contributed by atoms with Crippen molar-refractivity contribution in [1.82, 2.24) is 0 Å². The Kier molecular flexibility index (Phi) is 60.7. The van der Waals surface area contributed by atoms with E-state index in [2.05, 4.69) is 227 Å². The van der Waals surface area contributed by atoms with E-state index >= 15 is 0 Å². The lowest BCUT2D eigenvalue weighted by Crippen LogP contribution is -2.30. The zero-order valence-electron chi connectivity index (χ0n) is 50.7. The largest absolute Gasteiger partial charge is 0.462 e. The summed E-state index contributed by atoms with van der Waals surface area (Å²) in [4.78, 5) is 38.1. The van der Waals surface area contributed by atoms with Crippen LogP contribution in [0, 0.1) is 0 Å². The average molecular weight is 1110 g/mol. The summed E-state index contributed by atoms with van der Waals surface area (Å²) in [5, 5.41) is 0. The molecule has 0 amide bonds. The Labute approximate surface area is 494 Å². The van der Waals surface area contributed by atoms with Gasteiger partial charge in [-0.1, -0.05) is 265 Å². The summed E-state index contributed by atoms with van der Waals surface area (Å²) in [6.07, 6.45) is 105. The van der Waals surface area contributed by atoms with Crippen LogP contribution in [-0.4, -0.2) is 37.2 Å². The first-order valence-corrected chi connectivity index (χ1v) is 30.9. The van der Waals surface area contributed by atoms with E-state index < -0.39 is 18.0 Å². The van der Waals surface area contributed by atoms with Crippen molar-refractivity contribution >= 4 is 17.9 Å². The zero-order chi connectivity index (χ0) is 58.5. The Morgan fingerprint density at radius 2 is 0.506 bits per heavy atom. The normalized spacial score (nSPS) is 13.8. The quantitative estimate of drug-likeness (QED) is 0.0261. The number of carbonyl (C=O) groups is 3. The first-order valence-electron chi connectivity index (χ1n) is 30.9. The molecule has 0 aliphatic rings. The van der Waals surface area contributed by atoms with Crippen LogP contribution >= 0.6 is 0 Å². The Morgan fingerprint density at radius 1 is 0.259 bits per heavy atom. The van der Waals surface area contributed by atoms with Crippen molar-refractivity contribution in [2.75, 3.05) is 13.2 Å². The molecule has 0 rings (SSSR count). The lowest BCUT2D eigenvalue weighted by Gasteiger charge is -2.18. The van der Waals surface area contributed by atoms with Crippen molar-refractivity contribution < 1.29 is 28.6 Å². The highest BCUT2D eigenvalue weighted by Gasteiger charge is 2.19. The molecule has 0 N–H and O–H groups in total. The molecule has 0 spiro atoms. The van der Waals surface area contributed by atoms with Crippen LogP contribution in [0.5, 0.6) is 0 Å². The number of unbranched alkanes of at least 4 members (excludes halogenated alkanes) is 4. The van der Waals surface area contributed by atoms with Crippen LogP contribution in [0.15, 0.2) is 231 Å². The summed E-state index contributed by atoms with van der Waals surface area (Å²) >= 11 is 0. The fraction of sp³-hybridized carbons (Fsp3) is 0.453. The molecule has 6 heteroatoms. The van der Waals surface area contributed by atoms with Gasteiger partial charge in [0.15, 0.2) is 6.10 Å². The summed E-state index contributed by atoms with van der Waals surface area (Å²) < 4.78 is 16.6. The van der Waals surface area contributed by atoms with Crippen LogP contribution in [0.1, 0.15) is 201 Å². The Bertz CT molecular complexity index is 2090. The van der Waals surface area contributed by atoms with E-state index in [1.165, 1.54) is 0 Å². The molecule has 1 atom stereocenters. The van der Waals surface area contributed by atoms with Crippen LogP contribution in [0.2, 0.25) is 0 Å². The molecule has 6 nitrogen and oxygen atoms in total. The van der Waals surface area contributed by atoms with Crippen LogP contribution in [0.25, 0.3) is 0 Å². The standard InChI is InChI=1S/C75H108O6/c1-4-7-10-13-16-19-22-25-27-28-29-30-31-32-33-34-35-36-37-38-39-40-41-42-43-44-45-46-48-50-53-56-59-62-65-68-74(77)80-71-72(70-79-73(76)67-64-61-58-55-52-49-24-21-18-15-12-9-6-3)81-75(78)69-66-63-60-57-54-51-47-26-23-20-17-14-11-8-5-2/h7-12,16-21,25-27,29-30,32-33,35-36,38-39,41-42,44-45,47-50,52,54,57-58,61,63,66,72H,4-6,13-15,22-24,28,31,34,37,40,43,46,51,53,55-56,59-60,62,64-65,67-71H2,1-3H3/b10-7-,11-8-,12-9-,19-16-,20-17-,21-18-,27-25-,30-29-,33-32-,36-35-,39-38-,42-41-,45-44-,47-26-,50-48-,52-49-,57-54-,61-58-,66-63-. The molecule has 0 aliphatic carbocycles. The van der Waals surface area contributed by atoms with Gasteiger partial charge in [0.05, 0.1) is 6.42 Å². The van der Waals surface area contributed by atoms with Gasteiger partial charge in [0, 0.05) is 12.8 Å². The van der Waals surface area contributed by atoms with Crippen molar-refractivity contribution in [3.05, 3.63) is 231 Å². The maximum absolute atomic E-state index is 12.8. The van der Waals surface area contributed by atoms with E-state index in [4.69, 9.17) is 14.2 Å². The topological polar surface area (TPSA) is 78.9 Å². The molecule has 0 aromatic carbocycles. The van der Waals surface area contributed by atoms with Crippen LogP contribution in [-0.2, 0) is 28.6 Å². The molecule has 0 radical (unpaired) electrons. The van der Waals surface area contributed by atoms with Gasteiger partial charge in [-0.25, -0.2) is 0 Å². The predicted octanol–water partition coefficient (Wildman–Crippen LogP) is 21.5. The average Bonchev–Trinajstić information content (AvgIpc) is 3.46. The molecular weight excluding hydrogens is 997 g/mol. The highest BCUT2D eigenvalue weighted by Crippen LogP contribution is 2.10. The molecule has 0 aromatic rings. The maximum Gasteiger partial charge on any atom is 0.310 e. The van der Waals surface area contributed by atoms with Gasteiger partial charge in [0.25, 0.3) is 0 Å². The third-order valence-corrected chi connectivity index (χ3v) is 11.7. The Hall–Kier alpha value is -6.53. The molecule has 444 valence electrons. The second kappa shape index (κ2) is 66.0. The maximum atomic E-state index is 12.8. The molecule has 1 unspecified atom stereocenters.